The molecule has 1 amide bonds. The van der Waals surface area contributed by atoms with Crippen LogP contribution in [0.1, 0.15) is 31.2 Å². The van der Waals surface area contributed by atoms with Crippen LogP contribution in [-0.4, -0.2) is 60.8 Å². The first-order valence-corrected chi connectivity index (χ1v) is 12.8. The van der Waals surface area contributed by atoms with Gasteiger partial charge in [0.25, 0.3) is 0 Å². The smallest absolute Gasteiger partial charge is 0.224 e. The molecule has 6 nitrogen and oxygen atoms in total. The number of allylic oxidation sites excluding steroid dienone is 4. The number of benzene rings is 1. The lowest BCUT2D eigenvalue weighted by Crippen LogP contribution is -2.45. The Morgan fingerprint density at radius 2 is 2.09 bits per heavy atom. The standard InChI is InChI=1S/C27H33N3O3S/c1-33-25-8-2-5-21(17-25)18-27(32)28-23-9-13-29(14-10-23)11-4-12-30-15-16-34-26(20-30)22-6-3-7-24(31)19-22/h2-3,5-8,15-17,20,23H,4,9-14,18-19H2,1H3,(H,28,32). The highest BCUT2D eigenvalue weighted by Crippen LogP contribution is 2.32. The van der Waals surface area contributed by atoms with Crippen LogP contribution in [0.25, 0.3) is 0 Å². The summed E-state index contributed by atoms with van der Waals surface area (Å²) < 4.78 is 5.24. The Bertz CT molecular complexity index is 1010. The Morgan fingerprint density at radius 1 is 1.24 bits per heavy atom. The maximum atomic E-state index is 12.5. The van der Waals surface area contributed by atoms with E-state index in [0.717, 1.165) is 67.2 Å². The fourth-order valence-electron chi connectivity index (χ4n) is 4.47. The van der Waals surface area contributed by atoms with Gasteiger partial charge in [-0.2, -0.15) is 0 Å². The maximum absolute atomic E-state index is 12.5. The van der Waals surface area contributed by atoms with Crippen molar-refractivity contribution in [3.8, 4) is 5.75 Å². The van der Waals surface area contributed by atoms with E-state index >= 15 is 0 Å². The highest BCUT2D eigenvalue weighted by atomic mass is 32.2. The molecule has 1 saturated heterocycles. The van der Waals surface area contributed by atoms with Gasteiger partial charge >= 0.3 is 0 Å². The number of amides is 1. The Hall–Kier alpha value is -2.77. The molecule has 34 heavy (non-hydrogen) atoms. The zero-order valence-corrected chi connectivity index (χ0v) is 20.6. The largest absolute Gasteiger partial charge is 0.497 e. The van der Waals surface area contributed by atoms with Gasteiger partial charge < -0.3 is 19.9 Å². The van der Waals surface area contributed by atoms with Crippen molar-refractivity contribution in [3.63, 3.8) is 0 Å². The van der Waals surface area contributed by atoms with Gasteiger partial charge in [0.1, 0.15) is 5.75 Å². The van der Waals surface area contributed by atoms with Crippen molar-refractivity contribution in [2.75, 3.05) is 33.3 Å². The van der Waals surface area contributed by atoms with E-state index < -0.39 is 0 Å². The topological polar surface area (TPSA) is 61.9 Å². The number of ether oxygens (including phenoxy) is 1. The average Bonchev–Trinajstić information content (AvgIpc) is 2.85. The molecule has 1 N–H and O–H groups in total. The summed E-state index contributed by atoms with van der Waals surface area (Å²) in [7, 11) is 1.64. The third-order valence-corrected chi connectivity index (χ3v) is 7.21. The highest BCUT2D eigenvalue weighted by molar-refractivity contribution is 8.06. The third kappa shape index (κ3) is 7.11. The monoisotopic (exact) mass is 479 g/mol. The van der Waals surface area contributed by atoms with E-state index in [2.05, 4.69) is 32.9 Å². The molecule has 7 heteroatoms. The molecule has 0 atom stereocenters. The zero-order valence-electron chi connectivity index (χ0n) is 19.7. The Balaban J connectivity index is 1.15. The molecule has 2 aliphatic heterocycles. The summed E-state index contributed by atoms with van der Waals surface area (Å²) in [5.41, 5.74) is 2.07. The molecule has 0 unspecified atom stereocenters. The molecule has 1 aliphatic carbocycles. The molecular formula is C27H33N3O3S. The molecule has 0 radical (unpaired) electrons. The summed E-state index contributed by atoms with van der Waals surface area (Å²) in [6.07, 6.45) is 13.7. The fourth-order valence-corrected chi connectivity index (χ4v) is 5.33. The summed E-state index contributed by atoms with van der Waals surface area (Å²) in [5, 5.41) is 5.30. The summed E-state index contributed by atoms with van der Waals surface area (Å²) in [6.45, 7) is 4.03. The van der Waals surface area contributed by atoms with Gasteiger partial charge in [-0.25, -0.2) is 0 Å². The third-order valence-electron chi connectivity index (χ3n) is 6.33. The molecule has 0 saturated carbocycles. The second-order valence-electron chi connectivity index (χ2n) is 8.89. The summed E-state index contributed by atoms with van der Waals surface area (Å²) in [5.74, 6) is 1.02. The van der Waals surface area contributed by atoms with Crippen LogP contribution in [0, 0.1) is 0 Å². The number of piperidine rings is 1. The van der Waals surface area contributed by atoms with E-state index in [4.69, 9.17) is 4.74 Å². The summed E-state index contributed by atoms with van der Waals surface area (Å²) in [6, 6.07) is 7.94. The van der Waals surface area contributed by atoms with Gasteiger partial charge in [0.2, 0.25) is 5.91 Å². The fraction of sp³-hybridized carbons (Fsp3) is 0.407. The summed E-state index contributed by atoms with van der Waals surface area (Å²) >= 11 is 1.68. The molecule has 2 heterocycles. The molecule has 1 fully saturated rings. The molecule has 0 bridgehead atoms. The van der Waals surface area contributed by atoms with Crippen LogP contribution < -0.4 is 10.1 Å². The first-order chi connectivity index (χ1) is 16.6. The number of rotatable bonds is 9. The number of methoxy groups -OCH3 is 1. The molecule has 0 spiro atoms. The molecular weight excluding hydrogens is 446 g/mol. The van der Waals surface area contributed by atoms with Crippen molar-refractivity contribution in [2.24, 2.45) is 0 Å². The Kier molecular flexibility index (Phi) is 8.66. The first-order valence-electron chi connectivity index (χ1n) is 11.9. The minimum Gasteiger partial charge on any atom is -0.497 e. The van der Waals surface area contributed by atoms with Crippen LogP contribution in [0.15, 0.2) is 70.8 Å². The first kappa shape index (κ1) is 24.4. The number of carbonyl (C=O) groups excluding carboxylic acids is 2. The van der Waals surface area contributed by atoms with Gasteiger partial charge in [-0.05, 0) is 60.6 Å². The second-order valence-corrected chi connectivity index (χ2v) is 9.84. The quantitative estimate of drug-likeness (QED) is 0.577. The number of hydrogen-bond donors (Lipinski definition) is 1. The van der Waals surface area contributed by atoms with Crippen molar-refractivity contribution in [1.82, 2.24) is 15.1 Å². The van der Waals surface area contributed by atoms with Crippen molar-refractivity contribution in [3.05, 3.63) is 76.3 Å². The minimum absolute atomic E-state index is 0.0781. The molecule has 0 aromatic heterocycles. The number of carbonyl (C=O) groups is 2. The van der Waals surface area contributed by atoms with Gasteiger partial charge in [0.05, 0.1) is 13.5 Å². The normalized spacial score (nSPS) is 19.1. The van der Waals surface area contributed by atoms with Gasteiger partial charge in [-0.15, -0.1) is 0 Å². The zero-order chi connectivity index (χ0) is 23.8. The average molecular weight is 480 g/mol. The molecule has 4 rings (SSSR count). The van der Waals surface area contributed by atoms with Gasteiger partial charge in [-0.3, -0.25) is 9.59 Å². The van der Waals surface area contributed by atoms with Crippen LogP contribution >= 0.6 is 11.8 Å². The van der Waals surface area contributed by atoms with E-state index in [-0.39, 0.29) is 17.7 Å². The number of likely N-dealkylation sites (tertiary alicyclic amines) is 1. The lowest BCUT2D eigenvalue weighted by Gasteiger charge is -2.33. The molecule has 3 aliphatic rings. The van der Waals surface area contributed by atoms with Crippen molar-refractivity contribution in [1.29, 1.82) is 0 Å². The van der Waals surface area contributed by atoms with Crippen LogP contribution in [0.3, 0.4) is 0 Å². The summed E-state index contributed by atoms with van der Waals surface area (Å²) in [4.78, 5) is 30.0. The van der Waals surface area contributed by atoms with E-state index in [1.165, 1.54) is 0 Å². The molecule has 180 valence electrons. The Labute approximate surface area is 206 Å². The van der Waals surface area contributed by atoms with Crippen LogP contribution in [0.4, 0.5) is 0 Å². The maximum Gasteiger partial charge on any atom is 0.224 e. The minimum atomic E-state index is 0.0781. The van der Waals surface area contributed by atoms with Gasteiger partial charge in [-0.1, -0.05) is 36.0 Å². The number of nitrogens with zero attached hydrogens (tertiary/aromatic N) is 2. The lowest BCUT2D eigenvalue weighted by molar-refractivity contribution is -0.121. The SMILES string of the molecule is COc1cccc(CC(=O)NC2CCN(CCCN3C=CSC(C4=CC=CC(=O)C4)=C3)CC2)c1. The van der Waals surface area contributed by atoms with E-state index in [1.807, 2.05) is 36.4 Å². The molecule has 1 aromatic rings. The van der Waals surface area contributed by atoms with Crippen molar-refractivity contribution < 1.29 is 14.3 Å². The van der Waals surface area contributed by atoms with Crippen LogP contribution in [0.5, 0.6) is 5.75 Å². The number of nitrogens with one attached hydrogen (secondary N) is 1. The predicted octanol–water partition coefficient (Wildman–Crippen LogP) is 4.03. The molecule has 1 aromatic carbocycles. The number of hydrogen-bond acceptors (Lipinski definition) is 6. The number of ketones is 1. The van der Waals surface area contributed by atoms with Crippen molar-refractivity contribution >= 4 is 23.5 Å². The highest BCUT2D eigenvalue weighted by Gasteiger charge is 2.21. The second kappa shape index (κ2) is 12.1. The van der Waals surface area contributed by atoms with E-state index in [9.17, 15) is 9.59 Å². The van der Waals surface area contributed by atoms with Gasteiger partial charge in [0.15, 0.2) is 5.78 Å². The van der Waals surface area contributed by atoms with Crippen LogP contribution in [0.2, 0.25) is 0 Å². The van der Waals surface area contributed by atoms with E-state index in [1.54, 1.807) is 24.9 Å². The van der Waals surface area contributed by atoms with Crippen LogP contribution in [-0.2, 0) is 16.0 Å². The number of thioether (sulfide) groups is 1. The Morgan fingerprint density at radius 3 is 2.88 bits per heavy atom. The van der Waals surface area contributed by atoms with E-state index in [0.29, 0.717) is 12.8 Å². The van der Waals surface area contributed by atoms with Crippen molar-refractivity contribution in [2.45, 2.75) is 38.1 Å². The predicted molar refractivity (Wildman–Crippen MR) is 137 cm³/mol. The van der Waals surface area contributed by atoms with Gasteiger partial charge in [0, 0.05) is 49.4 Å². The lowest BCUT2D eigenvalue weighted by atomic mass is 10.0.